The van der Waals surface area contributed by atoms with E-state index < -0.39 is 10.7 Å². The molecule has 6 nitrogen and oxygen atoms in total. The van der Waals surface area contributed by atoms with Gasteiger partial charge in [-0.25, -0.2) is 4.98 Å². The summed E-state index contributed by atoms with van der Waals surface area (Å²) in [6, 6.07) is 15.0. The van der Waals surface area contributed by atoms with E-state index in [4.69, 9.17) is 4.74 Å². The van der Waals surface area contributed by atoms with Crippen molar-refractivity contribution in [1.29, 1.82) is 0 Å². The van der Waals surface area contributed by atoms with Crippen molar-refractivity contribution >= 4 is 45.7 Å². The zero-order valence-corrected chi connectivity index (χ0v) is 16.8. The quantitative estimate of drug-likeness (QED) is 0.627. The fraction of sp³-hybridized carbons (Fsp3) is 0.150. The average Bonchev–Trinajstić information content (AvgIpc) is 3.17. The Morgan fingerprint density at radius 1 is 1.21 bits per heavy atom. The Balaban J connectivity index is 1.54. The molecular formula is C20H17N3O3S2. The van der Waals surface area contributed by atoms with E-state index in [1.807, 2.05) is 53.9 Å². The number of hydrogen-bond donors (Lipinski definition) is 2. The summed E-state index contributed by atoms with van der Waals surface area (Å²) >= 11 is 2.55. The van der Waals surface area contributed by atoms with Crippen LogP contribution in [-0.2, 0) is 9.59 Å². The lowest BCUT2D eigenvalue weighted by Gasteiger charge is -2.31. The number of amides is 2. The number of carbonyl (C=O) groups is 2. The molecule has 4 rings (SSSR count). The number of anilines is 2. The molecule has 2 N–H and O–H groups in total. The Labute approximate surface area is 170 Å². The molecule has 1 aliphatic heterocycles. The number of thioether (sulfide) groups is 1. The molecule has 28 heavy (non-hydrogen) atoms. The first-order chi connectivity index (χ1) is 13.5. The predicted molar refractivity (Wildman–Crippen MR) is 112 cm³/mol. The molecule has 0 saturated carbocycles. The fourth-order valence-electron chi connectivity index (χ4n) is 2.78. The Bertz CT molecular complexity index is 1070. The number of para-hydroxylation sites is 1. The minimum Gasteiger partial charge on any atom is -0.497 e. The van der Waals surface area contributed by atoms with Gasteiger partial charge in [-0.3, -0.25) is 9.59 Å². The Hall–Kier alpha value is -2.84. The topological polar surface area (TPSA) is 80.3 Å². The lowest BCUT2D eigenvalue weighted by Crippen LogP contribution is -2.49. The standard InChI is InChI=1S/C20H17N3O3S2/c1-20(17(24)21-14-8-3-4-9-16(14)28-20)18(25)23-19-22-15(11-27-19)12-6-5-7-13(10-12)26-2/h3-11H,1-2H3,(H,21,24)(H,22,23,25). The van der Waals surface area contributed by atoms with E-state index >= 15 is 0 Å². The molecule has 3 aromatic rings. The molecule has 0 fully saturated rings. The van der Waals surface area contributed by atoms with Crippen molar-refractivity contribution < 1.29 is 14.3 Å². The zero-order valence-electron chi connectivity index (χ0n) is 15.2. The molecule has 2 amide bonds. The second kappa shape index (κ2) is 7.29. The number of nitrogens with one attached hydrogen (secondary N) is 2. The summed E-state index contributed by atoms with van der Waals surface area (Å²) in [6.07, 6.45) is 0. The van der Waals surface area contributed by atoms with E-state index in [0.29, 0.717) is 5.13 Å². The lowest BCUT2D eigenvalue weighted by atomic mass is 10.1. The number of benzene rings is 2. The molecule has 8 heteroatoms. The number of carbonyl (C=O) groups excluding carboxylic acids is 2. The van der Waals surface area contributed by atoms with Crippen LogP contribution in [0.2, 0.25) is 0 Å². The summed E-state index contributed by atoms with van der Waals surface area (Å²) in [5.41, 5.74) is 2.34. The van der Waals surface area contributed by atoms with Crippen LogP contribution in [0.4, 0.5) is 10.8 Å². The maximum Gasteiger partial charge on any atom is 0.252 e. The van der Waals surface area contributed by atoms with E-state index in [9.17, 15) is 9.59 Å². The third-order valence-electron chi connectivity index (χ3n) is 4.41. The number of thiazole rings is 1. The van der Waals surface area contributed by atoms with Gasteiger partial charge >= 0.3 is 0 Å². The summed E-state index contributed by atoms with van der Waals surface area (Å²) in [5.74, 6) is -0.0214. The molecule has 0 aliphatic carbocycles. The van der Waals surface area contributed by atoms with Crippen LogP contribution in [0.15, 0.2) is 58.8 Å². The number of fused-ring (bicyclic) bond motifs is 1. The van der Waals surface area contributed by atoms with Crippen LogP contribution in [0, 0.1) is 0 Å². The van der Waals surface area contributed by atoms with E-state index in [-0.39, 0.29) is 5.91 Å². The number of nitrogens with zero attached hydrogens (tertiary/aromatic N) is 1. The minimum atomic E-state index is -1.28. The SMILES string of the molecule is COc1cccc(-c2csc(NC(=O)C3(C)Sc4ccccc4NC3=O)n2)c1. The van der Waals surface area contributed by atoms with Crippen LogP contribution in [-0.4, -0.2) is 28.7 Å². The first-order valence-electron chi connectivity index (χ1n) is 8.50. The van der Waals surface area contributed by atoms with Crippen LogP contribution >= 0.6 is 23.1 Å². The second-order valence-corrected chi connectivity index (χ2v) is 8.63. The number of methoxy groups -OCH3 is 1. The van der Waals surface area contributed by atoms with Gasteiger partial charge in [-0.1, -0.05) is 36.0 Å². The van der Waals surface area contributed by atoms with Gasteiger partial charge in [0.2, 0.25) is 5.91 Å². The van der Waals surface area contributed by atoms with Gasteiger partial charge in [0.05, 0.1) is 18.5 Å². The highest BCUT2D eigenvalue weighted by molar-refractivity contribution is 8.02. The molecule has 0 spiro atoms. The van der Waals surface area contributed by atoms with Crippen molar-refractivity contribution in [2.24, 2.45) is 0 Å². The van der Waals surface area contributed by atoms with Crippen molar-refractivity contribution in [3.63, 3.8) is 0 Å². The summed E-state index contributed by atoms with van der Waals surface area (Å²) < 4.78 is 3.96. The Morgan fingerprint density at radius 2 is 2.04 bits per heavy atom. The monoisotopic (exact) mass is 411 g/mol. The van der Waals surface area contributed by atoms with Gasteiger partial charge < -0.3 is 15.4 Å². The van der Waals surface area contributed by atoms with Crippen LogP contribution < -0.4 is 15.4 Å². The van der Waals surface area contributed by atoms with Crippen LogP contribution in [0.25, 0.3) is 11.3 Å². The highest BCUT2D eigenvalue weighted by Gasteiger charge is 2.46. The number of ether oxygens (including phenoxy) is 1. The van der Waals surface area contributed by atoms with Crippen molar-refractivity contribution in [1.82, 2.24) is 4.98 Å². The third-order valence-corrected chi connectivity index (χ3v) is 6.52. The predicted octanol–water partition coefficient (Wildman–Crippen LogP) is 4.26. The molecule has 1 aliphatic rings. The van der Waals surface area contributed by atoms with Crippen LogP contribution in [0.1, 0.15) is 6.92 Å². The molecule has 2 aromatic carbocycles. The van der Waals surface area contributed by atoms with Gasteiger partial charge in [0.1, 0.15) is 5.75 Å². The lowest BCUT2D eigenvalue weighted by molar-refractivity contribution is -0.126. The van der Waals surface area contributed by atoms with Gasteiger partial charge in [-0.2, -0.15) is 0 Å². The van der Waals surface area contributed by atoms with Crippen molar-refractivity contribution in [3.8, 4) is 17.0 Å². The van der Waals surface area contributed by atoms with Crippen molar-refractivity contribution in [2.45, 2.75) is 16.6 Å². The summed E-state index contributed by atoms with van der Waals surface area (Å²) in [6.45, 7) is 1.62. The van der Waals surface area contributed by atoms with Crippen LogP contribution in [0.5, 0.6) is 5.75 Å². The number of rotatable bonds is 4. The fourth-order valence-corrected chi connectivity index (χ4v) is 4.60. The molecule has 0 bridgehead atoms. The largest absolute Gasteiger partial charge is 0.497 e. The first kappa shape index (κ1) is 18.5. The molecule has 2 heterocycles. The molecule has 1 aromatic heterocycles. The Morgan fingerprint density at radius 3 is 2.86 bits per heavy atom. The summed E-state index contributed by atoms with van der Waals surface area (Å²) in [7, 11) is 1.61. The zero-order chi connectivity index (χ0) is 19.7. The normalized spacial score (nSPS) is 18.1. The van der Waals surface area contributed by atoms with Gasteiger partial charge in [-0.05, 0) is 31.2 Å². The molecule has 1 atom stereocenters. The van der Waals surface area contributed by atoms with Crippen molar-refractivity contribution in [2.75, 3.05) is 17.7 Å². The first-order valence-corrected chi connectivity index (χ1v) is 10.2. The van der Waals surface area contributed by atoms with Gasteiger partial charge in [0, 0.05) is 15.8 Å². The highest BCUT2D eigenvalue weighted by Crippen LogP contribution is 2.43. The highest BCUT2D eigenvalue weighted by atomic mass is 32.2. The number of hydrogen-bond acceptors (Lipinski definition) is 6. The molecule has 1 unspecified atom stereocenters. The minimum absolute atomic E-state index is 0.349. The van der Waals surface area contributed by atoms with Gasteiger partial charge in [0.15, 0.2) is 9.88 Å². The smallest absolute Gasteiger partial charge is 0.252 e. The molecule has 0 radical (unpaired) electrons. The molecule has 0 saturated heterocycles. The van der Waals surface area contributed by atoms with E-state index in [0.717, 1.165) is 27.6 Å². The van der Waals surface area contributed by atoms with Crippen LogP contribution in [0.3, 0.4) is 0 Å². The third kappa shape index (κ3) is 3.36. The Kier molecular flexibility index (Phi) is 4.82. The second-order valence-electron chi connectivity index (χ2n) is 6.31. The maximum atomic E-state index is 12.9. The number of aromatic nitrogens is 1. The van der Waals surface area contributed by atoms with Gasteiger partial charge in [-0.15, -0.1) is 11.3 Å². The average molecular weight is 412 g/mol. The summed E-state index contributed by atoms with van der Waals surface area (Å²) in [5, 5.41) is 7.90. The maximum absolute atomic E-state index is 12.9. The van der Waals surface area contributed by atoms with Crippen molar-refractivity contribution in [3.05, 3.63) is 53.9 Å². The molecule has 142 valence electrons. The van der Waals surface area contributed by atoms with E-state index in [1.54, 1.807) is 14.0 Å². The summed E-state index contributed by atoms with van der Waals surface area (Å²) in [4.78, 5) is 30.8. The molecular weight excluding hydrogens is 394 g/mol. The van der Waals surface area contributed by atoms with E-state index in [1.165, 1.54) is 23.1 Å². The van der Waals surface area contributed by atoms with E-state index in [2.05, 4.69) is 15.6 Å². The van der Waals surface area contributed by atoms with Gasteiger partial charge in [0.25, 0.3) is 5.91 Å².